The van der Waals surface area contributed by atoms with Crippen LogP contribution in [-0.2, 0) is 0 Å². The fraction of sp³-hybridized carbons (Fsp3) is 0.545. The number of H-pyrrole nitrogens is 1. The molecule has 160 valence electrons. The first kappa shape index (κ1) is 22.6. The Morgan fingerprint density at radius 1 is 0.862 bits per heavy atom. The van der Waals surface area contributed by atoms with Crippen LogP contribution >= 0.6 is 0 Å². The topological polar surface area (TPSA) is 99.5 Å². The van der Waals surface area contributed by atoms with E-state index in [9.17, 15) is 4.79 Å². The molecule has 7 heteroatoms. The summed E-state index contributed by atoms with van der Waals surface area (Å²) in [6.07, 6.45) is 5.89. The van der Waals surface area contributed by atoms with Crippen molar-refractivity contribution in [3.63, 3.8) is 0 Å². The molecule has 3 N–H and O–H groups in total. The van der Waals surface area contributed by atoms with Crippen molar-refractivity contribution >= 4 is 5.95 Å². The molecule has 7 nitrogen and oxygen atoms in total. The fourth-order valence-electron chi connectivity index (χ4n) is 2.68. The molecule has 2 aromatic rings. The van der Waals surface area contributed by atoms with E-state index in [0.29, 0.717) is 48.3 Å². The van der Waals surface area contributed by atoms with Crippen LogP contribution in [0.15, 0.2) is 23.0 Å². The lowest BCUT2D eigenvalue weighted by molar-refractivity contribution is 0.237. The van der Waals surface area contributed by atoms with E-state index in [4.69, 9.17) is 19.9 Å². The maximum Gasteiger partial charge on any atom is 0.252 e. The summed E-state index contributed by atoms with van der Waals surface area (Å²) < 4.78 is 18.1. The van der Waals surface area contributed by atoms with Gasteiger partial charge in [0.25, 0.3) is 5.56 Å². The van der Waals surface area contributed by atoms with E-state index >= 15 is 0 Å². The molecule has 1 aromatic heterocycles. The van der Waals surface area contributed by atoms with Gasteiger partial charge in [0.05, 0.1) is 25.5 Å². The normalized spacial score (nSPS) is 10.7. The highest BCUT2D eigenvalue weighted by Crippen LogP contribution is 2.42. The zero-order valence-corrected chi connectivity index (χ0v) is 17.8. The van der Waals surface area contributed by atoms with Crippen molar-refractivity contribution in [2.45, 2.75) is 59.3 Å². The van der Waals surface area contributed by atoms with Gasteiger partial charge in [0.1, 0.15) is 0 Å². The van der Waals surface area contributed by atoms with Crippen LogP contribution in [0.1, 0.15) is 59.3 Å². The number of nitrogen functional groups attached to an aromatic ring is 1. The summed E-state index contributed by atoms with van der Waals surface area (Å²) in [5.74, 6) is 1.86. The van der Waals surface area contributed by atoms with Crippen LogP contribution in [0.2, 0.25) is 0 Å². The van der Waals surface area contributed by atoms with Crippen LogP contribution in [0.4, 0.5) is 5.95 Å². The molecular formula is C22H33N3O4. The number of hydrogen-bond acceptors (Lipinski definition) is 6. The van der Waals surface area contributed by atoms with Crippen molar-refractivity contribution in [1.29, 1.82) is 0 Å². The molecule has 0 radical (unpaired) electrons. The molecule has 0 amide bonds. The Kier molecular flexibility index (Phi) is 9.34. The van der Waals surface area contributed by atoms with Gasteiger partial charge in [-0.05, 0) is 31.4 Å². The number of rotatable bonds is 13. The highest BCUT2D eigenvalue weighted by molar-refractivity contribution is 5.69. The van der Waals surface area contributed by atoms with Crippen molar-refractivity contribution in [2.24, 2.45) is 0 Å². The number of nitrogens with one attached hydrogen (secondary N) is 1. The summed E-state index contributed by atoms with van der Waals surface area (Å²) in [6, 6.07) is 5.09. The number of aromatic nitrogens is 2. The van der Waals surface area contributed by atoms with Crippen molar-refractivity contribution < 1.29 is 14.2 Å². The Morgan fingerprint density at radius 3 is 1.86 bits per heavy atom. The van der Waals surface area contributed by atoms with Gasteiger partial charge in [-0.1, -0.05) is 40.0 Å². The maximum atomic E-state index is 11.9. The van der Waals surface area contributed by atoms with Gasteiger partial charge in [-0.15, -0.1) is 0 Å². The van der Waals surface area contributed by atoms with E-state index in [1.54, 1.807) is 0 Å². The molecule has 0 bridgehead atoms. The summed E-state index contributed by atoms with van der Waals surface area (Å²) in [4.78, 5) is 18.6. The van der Waals surface area contributed by atoms with Crippen LogP contribution < -0.4 is 25.5 Å². The van der Waals surface area contributed by atoms with Gasteiger partial charge in [-0.25, -0.2) is 4.98 Å². The quantitative estimate of drug-likeness (QED) is 0.476. The van der Waals surface area contributed by atoms with Gasteiger partial charge in [-0.2, -0.15) is 0 Å². The van der Waals surface area contributed by atoms with Gasteiger partial charge in [-0.3, -0.25) is 9.78 Å². The first-order valence-corrected chi connectivity index (χ1v) is 10.5. The largest absolute Gasteiger partial charge is 0.490 e. The third kappa shape index (κ3) is 7.00. The fourth-order valence-corrected chi connectivity index (χ4v) is 2.68. The number of benzene rings is 1. The smallest absolute Gasteiger partial charge is 0.252 e. The second-order valence-corrected chi connectivity index (χ2v) is 6.92. The summed E-state index contributed by atoms with van der Waals surface area (Å²) in [7, 11) is 0. The summed E-state index contributed by atoms with van der Waals surface area (Å²) in [5, 5.41) is 0. The van der Waals surface area contributed by atoms with E-state index < -0.39 is 0 Å². The monoisotopic (exact) mass is 403 g/mol. The van der Waals surface area contributed by atoms with Gasteiger partial charge >= 0.3 is 0 Å². The zero-order chi connectivity index (χ0) is 21.1. The lowest BCUT2D eigenvalue weighted by atomic mass is 10.1. The molecule has 2 rings (SSSR count). The second-order valence-electron chi connectivity index (χ2n) is 6.92. The molecule has 1 heterocycles. The van der Waals surface area contributed by atoms with Crippen molar-refractivity contribution in [2.75, 3.05) is 25.6 Å². The van der Waals surface area contributed by atoms with Crippen LogP contribution in [0.3, 0.4) is 0 Å². The van der Waals surface area contributed by atoms with Crippen molar-refractivity contribution in [3.8, 4) is 28.5 Å². The standard InChI is InChI=1S/C22H33N3O4/c1-4-7-10-27-18-13-16(17-15-20(26)25-22(23)24-17)14-19(28-11-8-5-2)21(18)29-12-9-6-3/h13-15H,4-12H2,1-3H3,(H3,23,24,25,26). The maximum absolute atomic E-state index is 11.9. The molecule has 0 fully saturated rings. The zero-order valence-electron chi connectivity index (χ0n) is 17.8. The average molecular weight is 404 g/mol. The predicted octanol–water partition coefficient (Wildman–Crippen LogP) is 4.56. The third-order valence-corrected chi connectivity index (χ3v) is 4.33. The third-order valence-electron chi connectivity index (χ3n) is 4.33. The Hall–Kier alpha value is -2.70. The number of aromatic amines is 1. The Labute approximate surface area is 172 Å². The molecule has 1 aromatic carbocycles. The van der Waals surface area contributed by atoms with Crippen LogP contribution in [-0.4, -0.2) is 29.8 Å². The lowest BCUT2D eigenvalue weighted by Crippen LogP contribution is -2.11. The molecule has 0 aliphatic heterocycles. The minimum Gasteiger partial charge on any atom is -0.490 e. The van der Waals surface area contributed by atoms with Gasteiger partial charge in [0.2, 0.25) is 11.7 Å². The van der Waals surface area contributed by atoms with Gasteiger partial charge in [0, 0.05) is 11.6 Å². The number of hydrogen-bond donors (Lipinski definition) is 2. The van der Waals surface area contributed by atoms with Gasteiger partial charge in [0.15, 0.2) is 11.5 Å². The number of ether oxygens (including phenoxy) is 3. The molecule has 0 saturated heterocycles. The van der Waals surface area contributed by atoms with Crippen molar-refractivity contribution in [1.82, 2.24) is 9.97 Å². The first-order valence-electron chi connectivity index (χ1n) is 10.5. The van der Waals surface area contributed by atoms with E-state index in [1.165, 1.54) is 6.07 Å². The molecular weight excluding hydrogens is 370 g/mol. The van der Waals surface area contributed by atoms with Crippen molar-refractivity contribution in [3.05, 3.63) is 28.6 Å². The second kappa shape index (κ2) is 12.0. The summed E-state index contributed by atoms with van der Waals surface area (Å²) in [6.45, 7) is 8.07. The Balaban J connectivity index is 2.48. The number of nitrogens with zero attached hydrogens (tertiary/aromatic N) is 1. The molecule has 0 saturated carbocycles. The van der Waals surface area contributed by atoms with Crippen LogP contribution in [0, 0.1) is 0 Å². The summed E-state index contributed by atoms with van der Waals surface area (Å²) >= 11 is 0. The number of unbranched alkanes of at least 4 members (excludes halogenated alkanes) is 3. The van der Waals surface area contributed by atoms with E-state index in [-0.39, 0.29) is 11.5 Å². The van der Waals surface area contributed by atoms with E-state index in [1.807, 2.05) is 12.1 Å². The highest BCUT2D eigenvalue weighted by atomic mass is 16.5. The molecule has 0 unspecified atom stereocenters. The van der Waals surface area contributed by atoms with E-state index in [0.717, 1.165) is 38.5 Å². The first-order chi connectivity index (χ1) is 14.1. The number of anilines is 1. The van der Waals surface area contributed by atoms with Crippen LogP contribution in [0.5, 0.6) is 17.2 Å². The average Bonchev–Trinajstić information content (AvgIpc) is 2.69. The Bertz CT molecular complexity index is 789. The van der Waals surface area contributed by atoms with E-state index in [2.05, 4.69) is 30.7 Å². The minimum atomic E-state index is -0.308. The Morgan fingerprint density at radius 2 is 1.38 bits per heavy atom. The highest BCUT2D eigenvalue weighted by Gasteiger charge is 2.17. The SMILES string of the molecule is CCCCOc1cc(-c2cc(=O)[nH]c(N)n2)cc(OCCCC)c1OCCCC. The predicted molar refractivity (Wildman–Crippen MR) is 116 cm³/mol. The minimum absolute atomic E-state index is 0.0673. The number of nitrogens with two attached hydrogens (primary N) is 1. The molecule has 0 aliphatic rings. The molecule has 0 spiro atoms. The molecule has 0 aliphatic carbocycles. The lowest BCUT2D eigenvalue weighted by Gasteiger charge is -2.18. The van der Waals surface area contributed by atoms with Gasteiger partial charge < -0.3 is 19.9 Å². The van der Waals surface area contributed by atoms with Crippen LogP contribution in [0.25, 0.3) is 11.3 Å². The molecule has 0 atom stereocenters. The summed E-state index contributed by atoms with van der Waals surface area (Å²) in [5.41, 5.74) is 6.58. The molecule has 29 heavy (non-hydrogen) atoms.